The highest BCUT2D eigenvalue weighted by atomic mass is 79.9. The molecule has 1 aromatic carbocycles. The maximum Gasteiger partial charge on any atom is 0.324 e. The highest BCUT2D eigenvalue weighted by Crippen LogP contribution is 2.36. The van der Waals surface area contributed by atoms with Gasteiger partial charge in [-0.15, -0.1) is 0 Å². The Kier molecular flexibility index (Phi) is 5.38. The van der Waals surface area contributed by atoms with Gasteiger partial charge in [0.2, 0.25) is 0 Å². The van der Waals surface area contributed by atoms with Gasteiger partial charge in [0.1, 0.15) is 10.6 Å². The number of benzene rings is 1. The molecular weight excluding hydrogens is 312 g/mol. The number of ether oxygens (including phenoxy) is 3. The third kappa shape index (κ3) is 3.48. The van der Waals surface area contributed by atoms with Crippen LogP contribution in [-0.4, -0.2) is 27.3 Å². The SMILES string of the molecule is COC(=O)C(Br)c1cc(C(C)(C)OC)ccc1OC. The Morgan fingerprint density at radius 3 is 2.37 bits per heavy atom. The van der Waals surface area contributed by atoms with E-state index in [0.717, 1.165) is 11.1 Å². The van der Waals surface area contributed by atoms with Crippen molar-refractivity contribution in [2.24, 2.45) is 0 Å². The first-order chi connectivity index (χ1) is 8.87. The van der Waals surface area contributed by atoms with Gasteiger partial charge in [0.15, 0.2) is 0 Å². The van der Waals surface area contributed by atoms with E-state index in [1.54, 1.807) is 14.2 Å². The van der Waals surface area contributed by atoms with Crippen molar-refractivity contribution in [2.45, 2.75) is 24.3 Å². The van der Waals surface area contributed by atoms with Crippen LogP contribution in [0.2, 0.25) is 0 Å². The van der Waals surface area contributed by atoms with Crippen LogP contribution < -0.4 is 4.74 Å². The number of carbonyl (C=O) groups excluding carboxylic acids is 1. The fourth-order valence-corrected chi connectivity index (χ4v) is 2.20. The molecule has 0 N–H and O–H groups in total. The monoisotopic (exact) mass is 330 g/mol. The first-order valence-electron chi connectivity index (χ1n) is 5.82. The molecule has 0 aliphatic heterocycles. The molecule has 1 aromatic rings. The molecule has 1 atom stereocenters. The molecule has 106 valence electrons. The number of methoxy groups -OCH3 is 3. The van der Waals surface area contributed by atoms with E-state index in [-0.39, 0.29) is 5.97 Å². The van der Waals surface area contributed by atoms with Crippen molar-refractivity contribution in [3.8, 4) is 5.75 Å². The van der Waals surface area contributed by atoms with Gasteiger partial charge in [-0.2, -0.15) is 0 Å². The molecule has 0 radical (unpaired) electrons. The molecule has 0 aliphatic rings. The quantitative estimate of drug-likeness (QED) is 0.614. The maximum absolute atomic E-state index is 11.7. The summed E-state index contributed by atoms with van der Waals surface area (Å²) in [5.41, 5.74) is 1.24. The fourth-order valence-electron chi connectivity index (χ4n) is 1.66. The van der Waals surface area contributed by atoms with Gasteiger partial charge in [-0.05, 0) is 31.5 Å². The molecule has 19 heavy (non-hydrogen) atoms. The van der Waals surface area contributed by atoms with Gasteiger partial charge in [0.05, 0.1) is 19.8 Å². The summed E-state index contributed by atoms with van der Waals surface area (Å²) in [5, 5.41) is 0. The van der Waals surface area contributed by atoms with Crippen molar-refractivity contribution in [2.75, 3.05) is 21.3 Å². The van der Waals surface area contributed by atoms with Gasteiger partial charge in [-0.1, -0.05) is 22.0 Å². The number of carbonyl (C=O) groups is 1. The highest BCUT2D eigenvalue weighted by Gasteiger charge is 2.26. The zero-order valence-corrected chi connectivity index (χ0v) is 13.4. The minimum atomic E-state index is -0.569. The second kappa shape index (κ2) is 6.39. The Morgan fingerprint density at radius 1 is 1.26 bits per heavy atom. The zero-order chi connectivity index (χ0) is 14.6. The smallest absolute Gasteiger partial charge is 0.324 e. The van der Waals surface area contributed by atoms with Crippen molar-refractivity contribution >= 4 is 21.9 Å². The second-order valence-corrected chi connectivity index (χ2v) is 5.47. The summed E-state index contributed by atoms with van der Waals surface area (Å²) < 4.78 is 15.5. The average molecular weight is 331 g/mol. The molecule has 1 rings (SSSR count). The Morgan fingerprint density at radius 2 is 1.89 bits per heavy atom. The first kappa shape index (κ1) is 16.0. The summed E-state index contributed by atoms with van der Waals surface area (Å²) in [6.45, 7) is 3.92. The van der Waals surface area contributed by atoms with Crippen molar-refractivity contribution in [1.29, 1.82) is 0 Å². The number of hydrogen-bond donors (Lipinski definition) is 0. The van der Waals surface area contributed by atoms with Crippen LogP contribution in [0.1, 0.15) is 29.8 Å². The van der Waals surface area contributed by atoms with Gasteiger partial charge < -0.3 is 14.2 Å². The van der Waals surface area contributed by atoms with Crippen LogP contribution in [-0.2, 0) is 19.9 Å². The first-order valence-corrected chi connectivity index (χ1v) is 6.74. The zero-order valence-electron chi connectivity index (χ0n) is 11.8. The summed E-state index contributed by atoms with van der Waals surface area (Å²) in [7, 11) is 4.57. The van der Waals surface area contributed by atoms with Crippen LogP contribution in [0.5, 0.6) is 5.75 Å². The Hall–Kier alpha value is -1.07. The average Bonchev–Trinajstić information content (AvgIpc) is 2.44. The Labute approximate surface area is 122 Å². The normalized spacial score (nSPS) is 12.9. The van der Waals surface area contributed by atoms with Gasteiger partial charge in [0, 0.05) is 12.7 Å². The topological polar surface area (TPSA) is 44.8 Å². The Bertz CT molecular complexity index is 457. The number of esters is 1. The standard InChI is InChI=1S/C14H19BrO4/c1-14(2,19-5)9-6-7-11(17-3)10(8-9)12(15)13(16)18-4/h6-8,12H,1-5H3. The summed E-state index contributed by atoms with van der Waals surface area (Å²) in [6, 6.07) is 5.63. The molecule has 0 spiro atoms. The van der Waals surface area contributed by atoms with Crippen LogP contribution in [0.25, 0.3) is 0 Å². The van der Waals surface area contributed by atoms with Crippen LogP contribution in [0, 0.1) is 0 Å². The molecule has 0 aromatic heterocycles. The van der Waals surface area contributed by atoms with E-state index < -0.39 is 10.4 Å². The van der Waals surface area contributed by atoms with E-state index in [9.17, 15) is 4.79 Å². The molecule has 0 saturated carbocycles. The molecule has 0 aliphatic carbocycles. The van der Waals surface area contributed by atoms with Gasteiger partial charge >= 0.3 is 5.97 Å². The minimum Gasteiger partial charge on any atom is -0.496 e. The van der Waals surface area contributed by atoms with Gasteiger partial charge in [-0.3, -0.25) is 4.79 Å². The number of rotatable bonds is 5. The van der Waals surface area contributed by atoms with E-state index in [2.05, 4.69) is 15.9 Å². The summed E-state index contributed by atoms with van der Waals surface area (Å²) >= 11 is 3.33. The van der Waals surface area contributed by atoms with Crippen LogP contribution in [0.15, 0.2) is 18.2 Å². The lowest BCUT2D eigenvalue weighted by Crippen LogP contribution is -2.20. The molecule has 5 heteroatoms. The molecule has 0 fully saturated rings. The minimum absolute atomic E-state index is 0.370. The van der Waals surface area contributed by atoms with E-state index >= 15 is 0 Å². The van der Waals surface area contributed by atoms with Crippen molar-refractivity contribution in [3.05, 3.63) is 29.3 Å². The molecule has 1 unspecified atom stereocenters. The second-order valence-electron chi connectivity index (χ2n) is 4.56. The van der Waals surface area contributed by atoms with Crippen LogP contribution in [0.3, 0.4) is 0 Å². The third-order valence-corrected chi connectivity index (χ3v) is 3.98. The van der Waals surface area contributed by atoms with Crippen molar-refractivity contribution in [1.82, 2.24) is 0 Å². The number of alkyl halides is 1. The molecule has 4 nitrogen and oxygen atoms in total. The van der Waals surface area contributed by atoms with E-state index in [4.69, 9.17) is 14.2 Å². The molecule has 0 bridgehead atoms. The largest absolute Gasteiger partial charge is 0.496 e. The summed E-state index contributed by atoms with van der Waals surface area (Å²) in [4.78, 5) is 11.1. The summed E-state index contributed by atoms with van der Waals surface area (Å²) in [6.07, 6.45) is 0. The summed E-state index contributed by atoms with van der Waals surface area (Å²) in [5.74, 6) is 0.258. The fraction of sp³-hybridized carbons (Fsp3) is 0.500. The van der Waals surface area contributed by atoms with Crippen molar-refractivity contribution < 1.29 is 19.0 Å². The van der Waals surface area contributed by atoms with Crippen molar-refractivity contribution in [3.63, 3.8) is 0 Å². The highest BCUT2D eigenvalue weighted by molar-refractivity contribution is 9.09. The molecular formula is C14H19BrO4. The number of halogens is 1. The predicted molar refractivity (Wildman–Crippen MR) is 76.7 cm³/mol. The van der Waals surface area contributed by atoms with E-state index in [1.165, 1.54) is 7.11 Å². The third-order valence-electron chi connectivity index (χ3n) is 3.12. The Balaban J connectivity index is 3.28. The lowest BCUT2D eigenvalue weighted by Gasteiger charge is -2.25. The van der Waals surface area contributed by atoms with Gasteiger partial charge in [-0.25, -0.2) is 0 Å². The van der Waals surface area contributed by atoms with E-state index in [1.807, 2.05) is 32.0 Å². The number of hydrogen-bond acceptors (Lipinski definition) is 4. The molecule has 0 heterocycles. The molecule has 0 amide bonds. The maximum atomic E-state index is 11.7. The predicted octanol–water partition coefficient (Wildman–Crippen LogP) is 3.19. The van der Waals surface area contributed by atoms with E-state index in [0.29, 0.717) is 5.75 Å². The lowest BCUT2D eigenvalue weighted by molar-refractivity contribution is -0.139. The lowest BCUT2D eigenvalue weighted by atomic mass is 9.95. The van der Waals surface area contributed by atoms with Crippen LogP contribution in [0.4, 0.5) is 0 Å². The molecule has 0 saturated heterocycles. The van der Waals surface area contributed by atoms with Gasteiger partial charge in [0.25, 0.3) is 0 Å². The van der Waals surface area contributed by atoms with Crippen LogP contribution >= 0.6 is 15.9 Å².